The van der Waals surface area contributed by atoms with Crippen LogP contribution in [0.15, 0.2) is 0 Å². The van der Waals surface area contributed by atoms with E-state index in [1.807, 2.05) is 0 Å². The summed E-state index contributed by atoms with van der Waals surface area (Å²) in [4.78, 5) is 20.6. The Morgan fingerprint density at radius 3 is 2.44 bits per heavy atom. The molecule has 0 saturated heterocycles. The van der Waals surface area contributed by atoms with Crippen molar-refractivity contribution in [2.75, 3.05) is 6.54 Å². The maximum atomic E-state index is 10.4. The van der Waals surface area contributed by atoms with E-state index in [4.69, 9.17) is 0 Å². The van der Waals surface area contributed by atoms with Crippen molar-refractivity contribution in [3.05, 3.63) is 6.92 Å². The monoisotopic (exact) mass is 128 g/mol. The first-order chi connectivity index (χ1) is 4.16. The number of carbonyl (C=O) groups excluding carboxylic acids is 2. The molecular formula is C6H10NO2. The van der Waals surface area contributed by atoms with Crippen molar-refractivity contribution in [2.24, 2.45) is 0 Å². The topological polar surface area (TPSA) is 46.2 Å². The van der Waals surface area contributed by atoms with Gasteiger partial charge in [0.2, 0.25) is 5.91 Å². The quantitative estimate of drug-likeness (QED) is 0.577. The summed E-state index contributed by atoms with van der Waals surface area (Å²) >= 11 is 0. The highest BCUT2D eigenvalue weighted by Gasteiger charge is 1.96. The van der Waals surface area contributed by atoms with E-state index in [0.717, 1.165) is 0 Å². The van der Waals surface area contributed by atoms with Crippen LogP contribution in [0.25, 0.3) is 0 Å². The molecule has 0 aromatic heterocycles. The molecule has 0 aliphatic heterocycles. The molecule has 0 aromatic rings. The molecule has 0 bridgehead atoms. The number of rotatable bonds is 3. The molecule has 1 N–H and O–H groups in total. The third-order valence-corrected chi connectivity index (χ3v) is 0.762. The molecule has 1 radical (unpaired) electrons. The number of carbonyl (C=O) groups is 2. The summed E-state index contributed by atoms with van der Waals surface area (Å²) in [7, 11) is 0. The van der Waals surface area contributed by atoms with E-state index >= 15 is 0 Å². The Morgan fingerprint density at radius 2 is 2.11 bits per heavy atom. The van der Waals surface area contributed by atoms with E-state index in [2.05, 4.69) is 12.2 Å². The predicted molar refractivity (Wildman–Crippen MR) is 33.7 cm³/mol. The van der Waals surface area contributed by atoms with Crippen molar-refractivity contribution in [1.29, 1.82) is 0 Å². The molecule has 0 heterocycles. The van der Waals surface area contributed by atoms with Crippen LogP contribution >= 0.6 is 0 Å². The summed E-state index contributed by atoms with van der Waals surface area (Å²) in [6, 6.07) is 0. The molecule has 1 amide bonds. The fraction of sp³-hybridized carbons (Fsp3) is 0.500. The molecule has 0 aliphatic carbocycles. The van der Waals surface area contributed by atoms with Gasteiger partial charge in [0.15, 0.2) is 0 Å². The lowest BCUT2D eigenvalue weighted by atomic mass is 10.4. The van der Waals surface area contributed by atoms with Crippen molar-refractivity contribution in [1.82, 2.24) is 5.32 Å². The fourth-order valence-electron chi connectivity index (χ4n) is 0.311. The van der Waals surface area contributed by atoms with E-state index < -0.39 is 0 Å². The van der Waals surface area contributed by atoms with Gasteiger partial charge < -0.3 is 5.32 Å². The van der Waals surface area contributed by atoms with E-state index in [1.165, 1.54) is 6.92 Å². The molecular weight excluding hydrogens is 118 g/mol. The maximum Gasteiger partial charge on any atom is 0.220 e. The number of hydrogen-bond donors (Lipinski definition) is 1. The van der Waals surface area contributed by atoms with Crippen LogP contribution in [0.1, 0.15) is 13.3 Å². The molecule has 0 saturated carbocycles. The summed E-state index contributed by atoms with van der Waals surface area (Å²) in [5.74, 6) is -0.234. The van der Waals surface area contributed by atoms with Gasteiger partial charge in [0.25, 0.3) is 0 Å². The van der Waals surface area contributed by atoms with Gasteiger partial charge in [0.1, 0.15) is 5.78 Å². The molecule has 3 heteroatoms. The standard InChI is InChI=1S/C6H10NO2/c1-3-6(9)7-4-5(2)8/h1,3-4H2,2H3,(H,7,9). The Balaban J connectivity index is 3.28. The van der Waals surface area contributed by atoms with Gasteiger partial charge in [0.05, 0.1) is 6.54 Å². The van der Waals surface area contributed by atoms with Gasteiger partial charge in [-0.05, 0) is 13.8 Å². The van der Waals surface area contributed by atoms with Crippen LogP contribution in [-0.2, 0) is 9.59 Å². The molecule has 9 heavy (non-hydrogen) atoms. The predicted octanol–water partition coefficient (Wildman–Crippen LogP) is -0.0842. The Morgan fingerprint density at radius 1 is 1.56 bits per heavy atom. The van der Waals surface area contributed by atoms with E-state index in [0.29, 0.717) is 0 Å². The Kier molecular flexibility index (Phi) is 3.67. The number of amides is 1. The molecule has 3 nitrogen and oxygen atoms in total. The number of hydrogen-bond acceptors (Lipinski definition) is 2. The van der Waals surface area contributed by atoms with Crippen LogP contribution in [0.5, 0.6) is 0 Å². The lowest BCUT2D eigenvalue weighted by Gasteiger charge is -1.96. The van der Waals surface area contributed by atoms with Gasteiger partial charge in [0, 0.05) is 6.42 Å². The fourth-order valence-corrected chi connectivity index (χ4v) is 0.311. The normalized spacial score (nSPS) is 8.67. The zero-order chi connectivity index (χ0) is 7.28. The molecule has 0 atom stereocenters. The first-order valence-corrected chi connectivity index (χ1v) is 2.72. The smallest absolute Gasteiger partial charge is 0.220 e. The first-order valence-electron chi connectivity index (χ1n) is 2.72. The summed E-state index contributed by atoms with van der Waals surface area (Å²) in [6.45, 7) is 4.88. The summed E-state index contributed by atoms with van der Waals surface area (Å²) in [5, 5.41) is 2.38. The minimum atomic E-state index is -0.190. The molecule has 51 valence electrons. The highest BCUT2D eigenvalue weighted by atomic mass is 16.2. The van der Waals surface area contributed by atoms with Crippen molar-refractivity contribution in [3.63, 3.8) is 0 Å². The second-order valence-electron chi connectivity index (χ2n) is 1.73. The van der Waals surface area contributed by atoms with Gasteiger partial charge in [-0.15, -0.1) is 0 Å². The second-order valence-corrected chi connectivity index (χ2v) is 1.73. The molecule has 0 rings (SSSR count). The summed E-state index contributed by atoms with van der Waals surface area (Å²) in [5.41, 5.74) is 0. The Bertz CT molecular complexity index is 120. The van der Waals surface area contributed by atoms with Crippen LogP contribution in [0.3, 0.4) is 0 Å². The SMILES string of the molecule is [CH2]CC(=O)NCC(C)=O. The van der Waals surface area contributed by atoms with Gasteiger partial charge in [-0.25, -0.2) is 0 Å². The molecule has 0 unspecified atom stereocenters. The largest absolute Gasteiger partial charge is 0.349 e. The van der Waals surface area contributed by atoms with E-state index in [1.54, 1.807) is 0 Å². The molecule has 0 spiro atoms. The Hall–Kier alpha value is -0.860. The first kappa shape index (κ1) is 8.14. The van der Waals surface area contributed by atoms with Gasteiger partial charge in [-0.3, -0.25) is 9.59 Å². The zero-order valence-electron chi connectivity index (χ0n) is 5.44. The van der Waals surface area contributed by atoms with E-state index in [9.17, 15) is 9.59 Å². The van der Waals surface area contributed by atoms with Crippen LogP contribution < -0.4 is 5.32 Å². The number of nitrogens with one attached hydrogen (secondary N) is 1. The third-order valence-electron chi connectivity index (χ3n) is 0.762. The minimum Gasteiger partial charge on any atom is -0.349 e. The number of ketones is 1. The third kappa shape index (κ3) is 5.00. The molecule has 0 aromatic carbocycles. The summed E-state index contributed by atoms with van der Waals surface area (Å²) in [6.07, 6.45) is 0.188. The highest BCUT2D eigenvalue weighted by molar-refractivity contribution is 5.84. The maximum absolute atomic E-state index is 10.4. The second kappa shape index (κ2) is 4.06. The highest BCUT2D eigenvalue weighted by Crippen LogP contribution is 1.72. The van der Waals surface area contributed by atoms with E-state index in [-0.39, 0.29) is 24.7 Å². The van der Waals surface area contributed by atoms with Crippen molar-refractivity contribution >= 4 is 11.7 Å². The van der Waals surface area contributed by atoms with Crippen molar-refractivity contribution in [3.8, 4) is 0 Å². The van der Waals surface area contributed by atoms with Crippen LogP contribution in [0.2, 0.25) is 0 Å². The lowest BCUT2D eigenvalue weighted by Crippen LogP contribution is -2.27. The average molecular weight is 128 g/mol. The van der Waals surface area contributed by atoms with Crippen LogP contribution in [-0.4, -0.2) is 18.2 Å². The van der Waals surface area contributed by atoms with Gasteiger partial charge >= 0.3 is 0 Å². The van der Waals surface area contributed by atoms with Crippen molar-refractivity contribution in [2.45, 2.75) is 13.3 Å². The molecule has 0 aliphatic rings. The van der Waals surface area contributed by atoms with Crippen LogP contribution in [0.4, 0.5) is 0 Å². The van der Waals surface area contributed by atoms with Gasteiger partial charge in [-0.1, -0.05) is 0 Å². The number of Topliss-reactive ketones (excluding diaryl/α,β-unsaturated/α-hetero) is 1. The van der Waals surface area contributed by atoms with Gasteiger partial charge in [-0.2, -0.15) is 0 Å². The Labute approximate surface area is 54.4 Å². The summed E-state index contributed by atoms with van der Waals surface area (Å²) < 4.78 is 0. The average Bonchev–Trinajstić information content (AvgIpc) is 1.83. The van der Waals surface area contributed by atoms with Crippen LogP contribution in [0, 0.1) is 6.92 Å². The minimum absolute atomic E-state index is 0.0446. The lowest BCUT2D eigenvalue weighted by molar-refractivity contribution is -0.123. The molecule has 0 fully saturated rings. The van der Waals surface area contributed by atoms with Crippen molar-refractivity contribution < 1.29 is 9.59 Å². The zero-order valence-corrected chi connectivity index (χ0v) is 5.44.